The lowest BCUT2D eigenvalue weighted by Crippen LogP contribution is -2.29. The zero-order valence-corrected chi connectivity index (χ0v) is 13.1. The highest BCUT2D eigenvalue weighted by Gasteiger charge is 2.43. The third kappa shape index (κ3) is 2.61. The van der Waals surface area contributed by atoms with Gasteiger partial charge < -0.3 is 11.1 Å². The van der Waals surface area contributed by atoms with Crippen LogP contribution in [-0.2, 0) is 0 Å². The van der Waals surface area contributed by atoms with Crippen molar-refractivity contribution in [2.75, 3.05) is 5.32 Å². The van der Waals surface area contributed by atoms with Crippen molar-refractivity contribution < 1.29 is 9.59 Å². The largest absolute Gasteiger partial charge is 0.380 e. The van der Waals surface area contributed by atoms with Gasteiger partial charge in [0.25, 0.3) is 11.8 Å². The Morgan fingerprint density at radius 3 is 2.70 bits per heavy atom. The van der Waals surface area contributed by atoms with Crippen molar-refractivity contribution in [3.05, 3.63) is 29.6 Å². The van der Waals surface area contributed by atoms with Crippen LogP contribution in [0.15, 0.2) is 18.5 Å². The molecule has 2 aromatic heterocycles. The number of nitrogens with two attached hydrogens (primary N) is 2. The molecule has 1 unspecified atom stereocenters. The molecular weight excluding hydrogens is 296 g/mol. The molecule has 6 N–H and O–H groups in total. The first-order chi connectivity index (χ1) is 10.9. The van der Waals surface area contributed by atoms with Gasteiger partial charge in [-0.3, -0.25) is 15.0 Å². The number of fused-ring (bicyclic) bond motifs is 1. The number of nitrogens with one attached hydrogen (secondary N) is 2. The minimum absolute atomic E-state index is 0.161. The Balaban J connectivity index is 2.10. The minimum Gasteiger partial charge on any atom is -0.380 e. The van der Waals surface area contributed by atoms with Crippen LogP contribution in [0.2, 0.25) is 0 Å². The van der Waals surface area contributed by atoms with E-state index in [-0.39, 0.29) is 11.5 Å². The number of carbonyl (C=O) groups excluding carboxylic acids is 2. The fourth-order valence-corrected chi connectivity index (χ4v) is 2.62. The maximum absolute atomic E-state index is 11.7. The van der Waals surface area contributed by atoms with E-state index in [9.17, 15) is 9.59 Å². The van der Waals surface area contributed by atoms with Crippen molar-refractivity contribution in [2.24, 2.45) is 17.0 Å². The van der Waals surface area contributed by atoms with Crippen LogP contribution in [0.5, 0.6) is 0 Å². The van der Waals surface area contributed by atoms with Gasteiger partial charge in [-0.2, -0.15) is 5.10 Å². The van der Waals surface area contributed by atoms with Gasteiger partial charge >= 0.3 is 0 Å². The first kappa shape index (κ1) is 15.3. The number of amides is 2. The summed E-state index contributed by atoms with van der Waals surface area (Å²) in [5, 5.41) is 7.52. The Hall–Kier alpha value is -2.61. The molecule has 8 heteroatoms. The number of nitrogen functional groups attached to an aromatic ring is 1. The Kier molecular flexibility index (Phi) is 3.48. The van der Waals surface area contributed by atoms with Gasteiger partial charge in [-0.25, -0.2) is 10.4 Å². The van der Waals surface area contributed by atoms with E-state index in [4.69, 9.17) is 11.6 Å². The molecule has 0 aliphatic heterocycles. The van der Waals surface area contributed by atoms with Crippen molar-refractivity contribution in [3.63, 3.8) is 0 Å². The summed E-state index contributed by atoms with van der Waals surface area (Å²) in [7, 11) is 0. The zero-order valence-electron chi connectivity index (χ0n) is 13.1. The highest BCUT2D eigenvalue weighted by atomic mass is 16.2. The fraction of sp³-hybridized carbons (Fsp3) is 0.400. The van der Waals surface area contributed by atoms with Gasteiger partial charge in [0, 0.05) is 12.2 Å². The van der Waals surface area contributed by atoms with Gasteiger partial charge in [0.1, 0.15) is 0 Å². The van der Waals surface area contributed by atoms with Crippen LogP contribution in [0, 0.1) is 5.41 Å². The third-order valence-electron chi connectivity index (χ3n) is 4.74. The molecule has 0 radical (unpaired) electrons. The van der Waals surface area contributed by atoms with E-state index in [0.29, 0.717) is 22.3 Å². The molecule has 0 bridgehead atoms. The predicted octanol–water partition coefficient (Wildman–Crippen LogP) is 0.637. The maximum Gasteiger partial charge on any atom is 0.266 e. The monoisotopic (exact) mass is 316 g/mol. The highest BCUT2D eigenvalue weighted by Crippen LogP contribution is 2.49. The van der Waals surface area contributed by atoms with Gasteiger partial charge in [0.2, 0.25) is 0 Å². The Morgan fingerprint density at radius 1 is 1.43 bits per heavy atom. The number of nitrogens with zero attached hydrogens (tertiary/aromatic N) is 2. The minimum atomic E-state index is -0.568. The average Bonchev–Trinajstić information content (AvgIpc) is 3.12. The molecule has 122 valence electrons. The van der Waals surface area contributed by atoms with Gasteiger partial charge in [-0.15, -0.1) is 0 Å². The zero-order chi connectivity index (χ0) is 16.8. The number of aromatic nitrogens is 2. The molecule has 23 heavy (non-hydrogen) atoms. The normalized spacial score (nSPS) is 16.8. The summed E-state index contributed by atoms with van der Waals surface area (Å²) in [6.07, 6.45) is 5.23. The topological polar surface area (TPSA) is 128 Å². The smallest absolute Gasteiger partial charge is 0.266 e. The second-order valence-electron chi connectivity index (χ2n) is 6.35. The molecule has 8 nitrogen and oxygen atoms in total. The SMILES string of the molecule is CC(Nc1c(C(N)=O)cnn2cc(C(=O)NN)cc12)C1(C)CC1. The highest BCUT2D eigenvalue weighted by molar-refractivity contribution is 6.03. The Labute approximate surface area is 133 Å². The number of hydrogen-bond acceptors (Lipinski definition) is 5. The number of rotatable bonds is 5. The average molecular weight is 316 g/mol. The first-order valence-electron chi connectivity index (χ1n) is 7.44. The second kappa shape index (κ2) is 5.24. The van der Waals surface area contributed by atoms with Crippen LogP contribution in [0.1, 0.15) is 47.4 Å². The van der Waals surface area contributed by atoms with E-state index in [1.165, 1.54) is 10.7 Å². The molecule has 0 saturated heterocycles. The molecule has 1 fully saturated rings. The van der Waals surface area contributed by atoms with Crippen molar-refractivity contribution >= 4 is 23.0 Å². The summed E-state index contributed by atoms with van der Waals surface area (Å²) in [6, 6.07) is 1.79. The predicted molar refractivity (Wildman–Crippen MR) is 85.8 cm³/mol. The summed E-state index contributed by atoms with van der Waals surface area (Å²) in [5.41, 5.74) is 9.61. The van der Waals surface area contributed by atoms with E-state index >= 15 is 0 Å². The number of carbonyl (C=O) groups is 2. The summed E-state index contributed by atoms with van der Waals surface area (Å²) in [4.78, 5) is 23.5. The molecule has 2 heterocycles. The van der Waals surface area contributed by atoms with E-state index in [0.717, 1.165) is 12.8 Å². The molecule has 1 saturated carbocycles. The van der Waals surface area contributed by atoms with Crippen molar-refractivity contribution in [2.45, 2.75) is 32.7 Å². The summed E-state index contributed by atoms with van der Waals surface area (Å²) < 4.78 is 1.53. The van der Waals surface area contributed by atoms with Crippen molar-refractivity contribution in [1.82, 2.24) is 15.0 Å². The molecule has 1 aliphatic carbocycles. The van der Waals surface area contributed by atoms with Crippen LogP contribution in [0.3, 0.4) is 0 Å². The number of primary amides is 1. The van der Waals surface area contributed by atoms with Gasteiger partial charge in [0.15, 0.2) is 0 Å². The maximum atomic E-state index is 11.7. The van der Waals surface area contributed by atoms with E-state index in [2.05, 4.69) is 29.7 Å². The Bertz CT molecular complexity index is 793. The molecule has 2 aromatic rings. The van der Waals surface area contributed by atoms with E-state index < -0.39 is 11.8 Å². The van der Waals surface area contributed by atoms with Crippen LogP contribution in [0.25, 0.3) is 5.52 Å². The van der Waals surface area contributed by atoms with Crippen LogP contribution in [0.4, 0.5) is 5.69 Å². The van der Waals surface area contributed by atoms with Crippen molar-refractivity contribution in [1.29, 1.82) is 0 Å². The van der Waals surface area contributed by atoms with E-state index in [1.807, 2.05) is 0 Å². The lowest BCUT2D eigenvalue weighted by molar-refractivity contribution is 0.0952. The summed E-state index contributed by atoms with van der Waals surface area (Å²) in [5.74, 6) is 4.17. The molecular formula is C15H20N6O2. The summed E-state index contributed by atoms with van der Waals surface area (Å²) >= 11 is 0. The van der Waals surface area contributed by atoms with E-state index in [1.54, 1.807) is 12.3 Å². The Morgan fingerprint density at radius 2 is 2.13 bits per heavy atom. The van der Waals surface area contributed by atoms with Gasteiger partial charge in [-0.05, 0) is 31.2 Å². The van der Waals surface area contributed by atoms with Gasteiger partial charge in [-0.1, -0.05) is 6.92 Å². The number of hydrogen-bond donors (Lipinski definition) is 4. The van der Waals surface area contributed by atoms with Crippen molar-refractivity contribution in [3.8, 4) is 0 Å². The molecule has 0 spiro atoms. The molecule has 0 aromatic carbocycles. The van der Waals surface area contributed by atoms with Gasteiger partial charge in [0.05, 0.1) is 28.5 Å². The van der Waals surface area contributed by atoms with Crippen LogP contribution >= 0.6 is 0 Å². The quantitative estimate of drug-likeness (QED) is 0.365. The first-order valence-corrected chi connectivity index (χ1v) is 7.44. The van der Waals surface area contributed by atoms with Crippen LogP contribution < -0.4 is 22.3 Å². The summed E-state index contributed by atoms with van der Waals surface area (Å²) in [6.45, 7) is 4.27. The number of hydrazine groups is 1. The molecule has 1 atom stereocenters. The second-order valence-corrected chi connectivity index (χ2v) is 6.35. The lowest BCUT2D eigenvalue weighted by atomic mass is 10.00. The molecule has 2 amide bonds. The van der Waals surface area contributed by atoms with Crippen LogP contribution in [-0.4, -0.2) is 27.5 Å². The lowest BCUT2D eigenvalue weighted by Gasteiger charge is -2.23. The number of anilines is 1. The molecule has 1 aliphatic rings. The standard InChI is InChI=1S/C15H20N6O2/c1-8(15(2)3-4-15)19-12-10(13(16)22)6-18-21-7-9(5-11(12)21)14(23)20-17/h5-8,19H,3-4,17H2,1-2H3,(H2,16,22)(H,20,23). The molecule has 3 rings (SSSR count). The fourth-order valence-electron chi connectivity index (χ4n) is 2.62. The third-order valence-corrected chi connectivity index (χ3v) is 4.74.